The second kappa shape index (κ2) is 5.22. The molecule has 0 unspecified atom stereocenters. The summed E-state index contributed by atoms with van der Waals surface area (Å²) in [5.74, 6) is -1.91. The number of nitrogens with one attached hydrogen (secondary N) is 1. The topological polar surface area (TPSA) is 83.5 Å². The molecule has 0 saturated heterocycles. The lowest BCUT2D eigenvalue weighted by Crippen LogP contribution is -2.12. The van der Waals surface area contributed by atoms with Crippen molar-refractivity contribution in [1.29, 1.82) is 0 Å². The Morgan fingerprint density at radius 1 is 1.35 bits per heavy atom. The molecule has 1 aromatic heterocycles. The number of aryl methyl sites for hydroxylation is 1. The first-order valence-electron chi connectivity index (χ1n) is 5.40. The number of halogens is 1. The molecule has 0 spiro atoms. The first kappa shape index (κ1) is 14.5. The zero-order valence-corrected chi connectivity index (χ0v) is 11.9. The molecule has 0 fully saturated rings. The Balaban J connectivity index is 2.33. The number of carboxylic acids is 1. The number of benzene rings is 1. The predicted octanol–water partition coefficient (Wildman–Crippen LogP) is 2.69. The minimum atomic E-state index is -4.00. The summed E-state index contributed by atoms with van der Waals surface area (Å²) < 4.78 is 39.6. The van der Waals surface area contributed by atoms with Crippen LogP contribution in [-0.2, 0) is 10.0 Å². The fraction of sp³-hybridized carbons (Fsp3) is 0.0833. The van der Waals surface area contributed by atoms with Crippen molar-refractivity contribution in [3.63, 3.8) is 0 Å². The number of sulfonamides is 1. The molecule has 20 heavy (non-hydrogen) atoms. The maximum absolute atomic E-state index is 13.6. The van der Waals surface area contributed by atoms with Gasteiger partial charge in [0.1, 0.15) is 10.0 Å². The largest absolute Gasteiger partial charge is 0.478 e. The van der Waals surface area contributed by atoms with Gasteiger partial charge < -0.3 is 5.11 Å². The molecule has 2 rings (SSSR count). The summed E-state index contributed by atoms with van der Waals surface area (Å²) in [5.41, 5.74) is 0.357. The van der Waals surface area contributed by atoms with Crippen LogP contribution in [0.25, 0.3) is 0 Å². The van der Waals surface area contributed by atoms with E-state index in [2.05, 4.69) is 4.72 Å². The molecule has 2 N–H and O–H groups in total. The fourth-order valence-corrected chi connectivity index (χ4v) is 3.69. The quantitative estimate of drug-likeness (QED) is 0.908. The Kier molecular flexibility index (Phi) is 3.78. The second-order valence-electron chi connectivity index (χ2n) is 4.05. The molecule has 5 nitrogen and oxygen atoms in total. The van der Waals surface area contributed by atoms with Gasteiger partial charge in [-0.25, -0.2) is 17.6 Å². The monoisotopic (exact) mass is 315 g/mol. The van der Waals surface area contributed by atoms with Crippen molar-refractivity contribution in [2.45, 2.75) is 11.1 Å². The van der Waals surface area contributed by atoms with Gasteiger partial charge in [0.2, 0.25) is 0 Å². The lowest BCUT2D eigenvalue weighted by molar-refractivity contribution is 0.0697. The SMILES string of the molecule is Cc1ccc(NS(=O)(=O)c2cc(C(=O)O)cs2)c(F)c1. The van der Waals surface area contributed by atoms with E-state index >= 15 is 0 Å². The minimum Gasteiger partial charge on any atom is -0.478 e. The number of hydrogen-bond donors (Lipinski definition) is 2. The zero-order valence-electron chi connectivity index (χ0n) is 10.3. The molecule has 1 heterocycles. The molecule has 8 heteroatoms. The molecule has 0 aliphatic rings. The third-order valence-electron chi connectivity index (χ3n) is 2.46. The highest BCUT2D eigenvalue weighted by atomic mass is 32.2. The fourth-order valence-electron chi connectivity index (χ4n) is 1.47. The van der Waals surface area contributed by atoms with Gasteiger partial charge in [0.25, 0.3) is 10.0 Å². The summed E-state index contributed by atoms with van der Waals surface area (Å²) in [7, 11) is -4.00. The van der Waals surface area contributed by atoms with Crippen molar-refractivity contribution < 1.29 is 22.7 Å². The van der Waals surface area contributed by atoms with Crippen molar-refractivity contribution >= 4 is 33.0 Å². The van der Waals surface area contributed by atoms with Crippen LogP contribution in [0.5, 0.6) is 0 Å². The number of hydrogen-bond acceptors (Lipinski definition) is 4. The number of carbonyl (C=O) groups is 1. The molecule has 0 atom stereocenters. The molecule has 1 aromatic carbocycles. The predicted molar refractivity (Wildman–Crippen MR) is 73.2 cm³/mol. The number of carboxylic acid groups (broad SMARTS) is 1. The molecule has 106 valence electrons. The average molecular weight is 315 g/mol. The van der Waals surface area contributed by atoms with Gasteiger partial charge >= 0.3 is 5.97 Å². The molecule has 0 radical (unpaired) electrons. The van der Waals surface area contributed by atoms with Crippen LogP contribution in [0.2, 0.25) is 0 Å². The molecular formula is C12H10FNO4S2. The zero-order chi connectivity index (χ0) is 14.9. The van der Waals surface area contributed by atoms with Crippen molar-refractivity contribution in [1.82, 2.24) is 0 Å². The van der Waals surface area contributed by atoms with Crippen LogP contribution >= 0.6 is 11.3 Å². The van der Waals surface area contributed by atoms with E-state index in [0.717, 1.165) is 17.4 Å². The summed E-state index contributed by atoms with van der Waals surface area (Å²) in [6.45, 7) is 1.68. The van der Waals surface area contributed by atoms with Gasteiger partial charge in [-0.1, -0.05) is 6.07 Å². The minimum absolute atomic E-state index is 0.125. The average Bonchev–Trinajstić information content (AvgIpc) is 2.83. The Morgan fingerprint density at radius 2 is 2.05 bits per heavy atom. The highest BCUT2D eigenvalue weighted by Crippen LogP contribution is 2.24. The summed E-state index contributed by atoms with van der Waals surface area (Å²) in [6.07, 6.45) is 0. The van der Waals surface area contributed by atoms with Crippen molar-refractivity contribution in [3.8, 4) is 0 Å². The number of anilines is 1. The van der Waals surface area contributed by atoms with Gasteiger partial charge in [-0.2, -0.15) is 0 Å². The lowest BCUT2D eigenvalue weighted by Gasteiger charge is -2.07. The van der Waals surface area contributed by atoms with Gasteiger partial charge in [0.05, 0.1) is 11.3 Å². The first-order valence-corrected chi connectivity index (χ1v) is 7.76. The van der Waals surface area contributed by atoms with Crippen LogP contribution in [0.3, 0.4) is 0 Å². The van der Waals surface area contributed by atoms with Gasteiger partial charge in [0, 0.05) is 5.38 Å². The summed E-state index contributed by atoms with van der Waals surface area (Å²) in [4.78, 5) is 10.7. The van der Waals surface area contributed by atoms with E-state index in [1.54, 1.807) is 13.0 Å². The van der Waals surface area contributed by atoms with Crippen LogP contribution in [-0.4, -0.2) is 19.5 Å². The van der Waals surface area contributed by atoms with Crippen LogP contribution < -0.4 is 4.72 Å². The van der Waals surface area contributed by atoms with Crippen LogP contribution in [0.1, 0.15) is 15.9 Å². The third-order valence-corrected chi connectivity index (χ3v) is 5.26. The normalized spacial score (nSPS) is 11.3. The summed E-state index contributed by atoms with van der Waals surface area (Å²) in [5, 5.41) is 9.97. The Hall–Kier alpha value is -1.93. The van der Waals surface area contributed by atoms with Gasteiger partial charge in [-0.3, -0.25) is 4.72 Å². The summed E-state index contributed by atoms with van der Waals surface area (Å²) in [6, 6.07) is 5.11. The third kappa shape index (κ3) is 2.97. The van der Waals surface area contributed by atoms with E-state index in [4.69, 9.17) is 5.11 Å². The van der Waals surface area contributed by atoms with Crippen LogP contribution in [0.4, 0.5) is 10.1 Å². The van der Waals surface area contributed by atoms with E-state index in [9.17, 15) is 17.6 Å². The molecule has 0 amide bonds. The number of thiophene rings is 1. The highest BCUT2D eigenvalue weighted by Gasteiger charge is 2.20. The first-order chi connectivity index (χ1) is 9.29. The van der Waals surface area contributed by atoms with E-state index in [0.29, 0.717) is 5.56 Å². The van der Waals surface area contributed by atoms with Crippen LogP contribution in [0, 0.1) is 12.7 Å². The van der Waals surface area contributed by atoms with Gasteiger partial charge in [-0.15, -0.1) is 11.3 Å². The van der Waals surface area contributed by atoms with Gasteiger partial charge in [-0.05, 0) is 30.7 Å². The molecule has 0 aliphatic heterocycles. The van der Waals surface area contributed by atoms with Crippen molar-refractivity contribution in [2.24, 2.45) is 0 Å². The molecule has 2 aromatic rings. The van der Waals surface area contributed by atoms with E-state index in [-0.39, 0.29) is 15.5 Å². The maximum atomic E-state index is 13.6. The molecule has 0 saturated carbocycles. The van der Waals surface area contributed by atoms with Crippen molar-refractivity contribution in [3.05, 3.63) is 46.6 Å². The smallest absolute Gasteiger partial charge is 0.336 e. The Bertz CT molecular complexity index is 768. The van der Waals surface area contributed by atoms with E-state index in [1.807, 2.05) is 0 Å². The lowest BCUT2D eigenvalue weighted by atomic mass is 10.2. The van der Waals surface area contributed by atoms with Crippen molar-refractivity contribution in [2.75, 3.05) is 4.72 Å². The standard InChI is InChI=1S/C12H10FNO4S2/c1-7-2-3-10(9(13)4-7)14-20(17,18)11-5-8(6-19-11)12(15)16/h2-6,14H,1H3,(H,15,16). The summed E-state index contributed by atoms with van der Waals surface area (Å²) >= 11 is 0.759. The van der Waals surface area contributed by atoms with Crippen LogP contribution in [0.15, 0.2) is 33.9 Å². The Morgan fingerprint density at radius 3 is 2.60 bits per heavy atom. The number of aromatic carboxylic acids is 1. The molecule has 0 bridgehead atoms. The molecular weight excluding hydrogens is 305 g/mol. The molecule has 0 aliphatic carbocycles. The second-order valence-corrected chi connectivity index (χ2v) is 6.87. The van der Waals surface area contributed by atoms with E-state index < -0.39 is 21.8 Å². The Labute approximate surface area is 118 Å². The highest BCUT2D eigenvalue weighted by molar-refractivity contribution is 7.94. The van der Waals surface area contributed by atoms with Gasteiger partial charge in [0.15, 0.2) is 0 Å². The maximum Gasteiger partial charge on any atom is 0.336 e. The van der Waals surface area contributed by atoms with E-state index in [1.165, 1.54) is 17.5 Å². The number of rotatable bonds is 4.